The molecule has 2 aromatic rings. The van der Waals surface area contributed by atoms with E-state index in [0.29, 0.717) is 0 Å². The maximum absolute atomic E-state index is 5.65. The molecule has 0 saturated carbocycles. The number of nitrogens with zero attached hydrogens (tertiary/aromatic N) is 5. The lowest BCUT2D eigenvalue weighted by Gasteiger charge is -2.01. The Morgan fingerprint density at radius 3 is 2.00 bits per heavy atom. The average Bonchev–Trinajstić information content (AvgIpc) is 2.27. The highest BCUT2D eigenvalue weighted by atomic mass is 35.5. The molecule has 18 heavy (non-hydrogen) atoms. The highest BCUT2D eigenvalue weighted by molar-refractivity contribution is 6.31. The van der Waals surface area contributed by atoms with Crippen molar-refractivity contribution in [3.05, 3.63) is 39.9 Å². The Kier molecular flexibility index (Phi) is 3.84. The van der Waals surface area contributed by atoms with E-state index in [1.807, 2.05) is 32.0 Å². The van der Waals surface area contributed by atoms with E-state index in [9.17, 15) is 0 Å². The van der Waals surface area contributed by atoms with Crippen LogP contribution in [0.3, 0.4) is 0 Å². The van der Waals surface area contributed by atoms with Crippen LogP contribution in [0.15, 0.2) is 28.4 Å². The van der Waals surface area contributed by atoms with Crippen molar-refractivity contribution in [1.29, 1.82) is 0 Å². The van der Waals surface area contributed by atoms with Crippen LogP contribution in [-0.4, -0.2) is 15.0 Å². The van der Waals surface area contributed by atoms with Gasteiger partial charge in [-0.05, 0) is 48.2 Å². The monoisotopic (exact) mass is 281 g/mol. The van der Waals surface area contributed by atoms with Crippen molar-refractivity contribution in [3.63, 3.8) is 0 Å². The minimum Gasteiger partial charge on any atom is -0.187 e. The molecule has 0 bridgehead atoms. The van der Waals surface area contributed by atoms with Crippen LogP contribution in [0, 0.1) is 13.8 Å². The van der Waals surface area contributed by atoms with E-state index in [0.717, 1.165) is 16.8 Å². The Labute approximate surface area is 114 Å². The van der Waals surface area contributed by atoms with E-state index in [1.54, 1.807) is 0 Å². The molecule has 92 valence electrons. The van der Waals surface area contributed by atoms with Crippen LogP contribution >= 0.6 is 23.2 Å². The molecule has 0 fully saturated rings. The zero-order chi connectivity index (χ0) is 13.1. The Bertz CT molecular complexity index is 572. The molecule has 0 unspecified atom stereocenters. The van der Waals surface area contributed by atoms with Gasteiger partial charge in [-0.3, -0.25) is 0 Å². The van der Waals surface area contributed by atoms with Gasteiger partial charge in [0.15, 0.2) is 0 Å². The standard InChI is InChI=1S/C11H9Cl2N5/c1-6-4-3-5-7(2)8(6)17-18-11-15-9(12)14-10(13)16-11/h3-5H,1-2H3. The highest BCUT2D eigenvalue weighted by Crippen LogP contribution is 2.24. The Hall–Kier alpha value is -1.59. The van der Waals surface area contributed by atoms with Crippen molar-refractivity contribution >= 4 is 34.8 Å². The first-order chi connectivity index (χ1) is 8.56. The molecule has 0 saturated heterocycles. The van der Waals surface area contributed by atoms with Crippen molar-refractivity contribution in [1.82, 2.24) is 15.0 Å². The number of azo groups is 1. The lowest BCUT2D eigenvalue weighted by Crippen LogP contribution is -1.87. The lowest BCUT2D eigenvalue weighted by atomic mass is 10.1. The minimum atomic E-state index is -0.00884. The van der Waals surface area contributed by atoms with Crippen molar-refractivity contribution in [2.75, 3.05) is 0 Å². The van der Waals surface area contributed by atoms with Gasteiger partial charge in [0.05, 0.1) is 5.69 Å². The highest BCUT2D eigenvalue weighted by Gasteiger charge is 2.03. The molecule has 1 aromatic heterocycles. The normalized spacial score (nSPS) is 11.1. The second-order valence-electron chi connectivity index (χ2n) is 3.61. The molecule has 1 aromatic carbocycles. The van der Waals surface area contributed by atoms with Gasteiger partial charge in [-0.25, -0.2) is 0 Å². The summed E-state index contributed by atoms with van der Waals surface area (Å²) >= 11 is 11.3. The maximum Gasteiger partial charge on any atom is 0.274 e. The van der Waals surface area contributed by atoms with Crippen LogP contribution in [0.5, 0.6) is 0 Å². The van der Waals surface area contributed by atoms with E-state index >= 15 is 0 Å². The van der Waals surface area contributed by atoms with Gasteiger partial charge in [0, 0.05) is 0 Å². The number of hydrogen-bond acceptors (Lipinski definition) is 5. The largest absolute Gasteiger partial charge is 0.274 e. The minimum absolute atomic E-state index is 0.00884. The van der Waals surface area contributed by atoms with Gasteiger partial charge < -0.3 is 0 Å². The third-order valence-electron chi connectivity index (χ3n) is 2.25. The Morgan fingerprint density at radius 2 is 1.44 bits per heavy atom. The van der Waals surface area contributed by atoms with Gasteiger partial charge in [0.2, 0.25) is 10.6 Å². The Balaban J connectivity index is 2.36. The number of aromatic nitrogens is 3. The Morgan fingerprint density at radius 1 is 0.889 bits per heavy atom. The third-order valence-corrected chi connectivity index (χ3v) is 2.59. The van der Waals surface area contributed by atoms with Crippen molar-refractivity contribution in [3.8, 4) is 0 Å². The number of rotatable bonds is 2. The van der Waals surface area contributed by atoms with Gasteiger partial charge in [-0.1, -0.05) is 18.2 Å². The molecule has 0 N–H and O–H groups in total. The summed E-state index contributed by atoms with van der Waals surface area (Å²) in [4.78, 5) is 11.2. The number of hydrogen-bond donors (Lipinski definition) is 0. The number of aryl methyl sites for hydroxylation is 2. The van der Waals surface area contributed by atoms with Crippen LogP contribution in [0.2, 0.25) is 10.6 Å². The smallest absolute Gasteiger partial charge is 0.187 e. The zero-order valence-electron chi connectivity index (χ0n) is 9.72. The van der Waals surface area contributed by atoms with E-state index in [1.165, 1.54) is 0 Å². The van der Waals surface area contributed by atoms with E-state index in [-0.39, 0.29) is 16.5 Å². The molecule has 0 atom stereocenters. The predicted molar refractivity (Wildman–Crippen MR) is 69.9 cm³/mol. The van der Waals surface area contributed by atoms with Crippen molar-refractivity contribution < 1.29 is 0 Å². The summed E-state index contributed by atoms with van der Waals surface area (Å²) in [5, 5.41) is 8.01. The van der Waals surface area contributed by atoms with Crippen LogP contribution in [0.1, 0.15) is 11.1 Å². The topological polar surface area (TPSA) is 63.4 Å². The fourth-order valence-corrected chi connectivity index (χ4v) is 1.77. The third kappa shape index (κ3) is 3.00. The molecule has 0 aliphatic rings. The summed E-state index contributed by atoms with van der Waals surface area (Å²) in [7, 11) is 0. The van der Waals surface area contributed by atoms with Crippen molar-refractivity contribution in [2.24, 2.45) is 10.2 Å². The molecular weight excluding hydrogens is 273 g/mol. The van der Waals surface area contributed by atoms with Gasteiger partial charge in [0.25, 0.3) is 5.95 Å². The molecule has 7 heteroatoms. The molecular formula is C11H9Cl2N5. The lowest BCUT2D eigenvalue weighted by molar-refractivity contribution is 0.998. The second-order valence-corrected chi connectivity index (χ2v) is 4.29. The molecule has 0 aliphatic heterocycles. The van der Waals surface area contributed by atoms with Crippen LogP contribution in [0.4, 0.5) is 11.6 Å². The molecule has 0 amide bonds. The van der Waals surface area contributed by atoms with Crippen molar-refractivity contribution in [2.45, 2.75) is 13.8 Å². The fraction of sp³-hybridized carbons (Fsp3) is 0.182. The van der Waals surface area contributed by atoms with Gasteiger partial charge in [0.1, 0.15) is 0 Å². The van der Waals surface area contributed by atoms with E-state index < -0.39 is 0 Å². The average molecular weight is 282 g/mol. The summed E-state index contributed by atoms with van der Waals surface area (Å²) in [6, 6.07) is 5.86. The molecule has 1 heterocycles. The molecule has 0 spiro atoms. The molecule has 2 rings (SSSR count). The quantitative estimate of drug-likeness (QED) is 0.775. The second kappa shape index (κ2) is 5.37. The molecule has 0 aliphatic carbocycles. The van der Waals surface area contributed by atoms with E-state index in [4.69, 9.17) is 23.2 Å². The maximum atomic E-state index is 5.65. The molecule has 5 nitrogen and oxygen atoms in total. The number of halogens is 2. The first-order valence-corrected chi connectivity index (χ1v) is 5.87. The summed E-state index contributed by atoms with van der Waals surface area (Å²) < 4.78 is 0. The van der Waals surface area contributed by atoms with Crippen LogP contribution < -0.4 is 0 Å². The molecule has 0 radical (unpaired) electrons. The SMILES string of the molecule is Cc1cccc(C)c1N=Nc1nc(Cl)nc(Cl)n1. The summed E-state index contributed by atoms with van der Waals surface area (Å²) in [6.07, 6.45) is 0. The predicted octanol–water partition coefficient (Wildman–Crippen LogP) is 4.21. The summed E-state index contributed by atoms with van der Waals surface area (Å²) in [5.41, 5.74) is 2.82. The van der Waals surface area contributed by atoms with Gasteiger partial charge in [-0.15, -0.1) is 10.2 Å². The van der Waals surface area contributed by atoms with Crippen LogP contribution in [0.25, 0.3) is 0 Å². The summed E-state index contributed by atoms with van der Waals surface area (Å²) in [6.45, 7) is 3.91. The van der Waals surface area contributed by atoms with E-state index in [2.05, 4.69) is 25.2 Å². The van der Waals surface area contributed by atoms with Crippen LogP contribution in [-0.2, 0) is 0 Å². The fourth-order valence-electron chi connectivity index (χ4n) is 1.42. The number of benzene rings is 1. The first-order valence-electron chi connectivity index (χ1n) is 5.11. The van der Waals surface area contributed by atoms with Gasteiger partial charge in [-0.2, -0.15) is 15.0 Å². The first kappa shape index (κ1) is 12.9. The zero-order valence-corrected chi connectivity index (χ0v) is 11.2. The summed E-state index contributed by atoms with van der Waals surface area (Å²) in [5.74, 6) is 0.0858. The van der Waals surface area contributed by atoms with Gasteiger partial charge >= 0.3 is 0 Å².